The van der Waals surface area contributed by atoms with Crippen LogP contribution in [-0.2, 0) is 11.3 Å². The zero-order valence-electron chi connectivity index (χ0n) is 12.5. The molecule has 114 valence electrons. The molecular formula is C17H23NO3. The first-order valence-corrected chi connectivity index (χ1v) is 7.38. The number of ether oxygens (including phenoxy) is 1. The fourth-order valence-electron chi connectivity index (χ4n) is 2.60. The average molecular weight is 289 g/mol. The first kappa shape index (κ1) is 16.0. The molecule has 2 atom stereocenters. The molecule has 0 radical (unpaired) electrons. The topological polar surface area (TPSA) is 52.9 Å². The highest BCUT2D eigenvalue weighted by Gasteiger charge is 2.24. The Morgan fingerprint density at radius 3 is 2.95 bits per heavy atom. The van der Waals surface area contributed by atoms with E-state index in [1.165, 1.54) is 5.56 Å². The standard InChI is InChI=1S/C17H23NO3/c1-14-10-18(12-17(13-20)21-14)11-16-7-4-6-15(9-16)5-2-3-8-19/h4,6-7,9,14,17,19-20H,3,8,10-13H2,1H3. The Morgan fingerprint density at radius 2 is 2.19 bits per heavy atom. The van der Waals surface area contributed by atoms with Crippen molar-refractivity contribution in [1.82, 2.24) is 4.90 Å². The maximum absolute atomic E-state index is 9.27. The first-order chi connectivity index (χ1) is 10.2. The number of aliphatic hydroxyl groups excluding tert-OH is 2. The van der Waals surface area contributed by atoms with E-state index < -0.39 is 0 Å². The van der Waals surface area contributed by atoms with Gasteiger partial charge < -0.3 is 14.9 Å². The molecule has 2 unspecified atom stereocenters. The van der Waals surface area contributed by atoms with Crippen LogP contribution in [0.25, 0.3) is 0 Å². The summed E-state index contributed by atoms with van der Waals surface area (Å²) in [6, 6.07) is 8.15. The molecule has 0 spiro atoms. The molecule has 1 aliphatic rings. The van der Waals surface area contributed by atoms with Gasteiger partial charge in [0.1, 0.15) is 0 Å². The van der Waals surface area contributed by atoms with Crippen molar-refractivity contribution in [3.05, 3.63) is 35.4 Å². The summed E-state index contributed by atoms with van der Waals surface area (Å²) >= 11 is 0. The number of hydrogen-bond donors (Lipinski definition) is 2. The smallest absolute Gasteiger partial charge is 0.0936 e. The third-order valence-corrected chi connectivity index (χ3v) is 3.41. The lowest BCUT2D eigenvalue weighted by atomic mass is 10.1. The normalized spacial score (nSPS) is 22.6. The van der Waals surface area contributed by atoms with Crippen molar-refractivity contribution >= 4 is 0 Å². The zero-order valence-corrected chi connectivity index (χ0v) is 12.5. The molecular weight excluding hydrogens is 266 g/mol. The van der Waals surface area contributed by atoms with Crippen LogP contribution < -0.4 is 0 Å². The monoisotopic (exact) mass is 289 g/mol. The van der Waals surface area contributed by atoms with Crippen LogP contribution in [0.2, 0.25) is 0 Å². The molecule has 4 heteroatoms. The van der Waals surface area contributed by atoms with Crippen molar-refractivity contribution in [3.8, 4) is 11.8 Å². The SMILES string of the molecule is CC1CN(Cc2cccc(C#CCCO)c2)CC(CO)O1. The zero-order chi connectivity index (χ0) is 15.1. The summed E-state index contributed by atoms with van der Waals surface area (Å²) in [4.78, 5) is 2.30. The number of rotatable bonds is 4. The molecule has 2 rings (SSSR count). The fraction of sp³-hybridized carbons (Fsp3) is 0.529. The minimum atomic E-state index is -0.0960. The second-order valence-corrected chi connectivity index (χ2v) is 5.42. The molecule has 1 saturated heterocycles. The number of benzene rings is 1. The molecule has 1 fully saturated rings. The van der Waals surface area contributed by atoms with E-state index in [0.717, 1.165) is 25.2 Å². The molecule has 1 aromatic carbocycles. The molecule has 0 saturated carbocycles. The highest BCUT2D eigenvalue weighted by atomic mass is 16.5. The van der Waals surface area contributed by atoms with E-state index in [1.807, 2.05) is 19.1 Å². The van der Waals surface area contributed by atoms with Crippen molar-refractivity contribution in [3.63, 3.8) is 0 Å². The lowest BCUT2D eigenvalue weighted by molar-refractivity contribution is -0.0972. The second kappa shape index (κ2) is 8.16. The van der Waals surface area contributed by atoms with Crippen molar-refractivity contribution in [2.75, 3.05) is 26.3 Å². The summed E-state index contributed by atoms with van der Waals surface area (Å²) in [7, 11) is 0. The van der Waals surface area contributed by atoms with E-state index in [4.69, 9.17) is 9.84 Å². The largest absolute Gasteiger partial charge is 0.395 e. The summed E-state index contributed by atoms with van der Waals surface area (Å²) in [6.45, 7) is 4.65. The van der Waals surface area contributed by atoms with Gasteiger partial charge in [0.15, 0.2) is 0 Å². The molecule has 1 aromatic rings. The highest BCUT2D eigenvalue weighted by Crippen LogP contribution is 2.15. The Balaban J connectivity index is 1.99. The Morgan fingerprint density at radius 1 is 1.33 bits per heavy atom. The highest BCUT2D eigenvalue weighted by molar-refractivity contribution is 5.37. The average Bonchev–Trinajstić information content (AvgIpc) is 2.47. The van der Waals surface area contributed by atoms with Crippen molar-refractivity contribution in [2.24, 2.45) is 0 Å². The van der Waals surface area contributed by atoms with E-state index in [-0.39, 0.29) is 25.4 Å². The van der Waals surface area contributed by atoms with Crippen molar-refractivity contribution in [1.29, 1.82) is 0 Å². The third-order valence-electron chi connectivity index (χ3n) is 3.41. The minimum Gasteiger partial charge on any atom is -0.395 e. The van der Waals surface area contributed by atoms with Crippen LogP contribution in [0.1, 0.15) is 24.5 Å². The summed E-state index contributed by atoms with van der Waals surface area (Å²) < 4.78 is 5.65. The van der Waals surface area contributed by atoms with Crippen LogP contribution in [0.15, 0.2) is 24.3 Å². The van der Waals surface area contributed by atoms with Gasteiger partial charge in [-0.1, -0.05) is 24.0 Å². The lowest BCUT2D eigenvalue weighted by Crippen LogP contribution is -2.47. The van der Waals surface area contributed by atoms with E-state index in [0.29, 0.717) is 6.42 Å². The molecule has 0 amide bonds. The van der Waals surface area contributed by atoms with Crippen LogP contribution >= 0.6 is 0 Å². The second-order valence-electron chi connectivity index (χ2n) is 5.42. The molecule has 21 heavy (non-hydrogen) atoms. The van der Waals surface area contributed by atoms with Crippen LogP contribution in [0, 0.1) is 11.8 Å². The Kier molecular flexibility index (Phi) is 6.21. The molecule has 0 aromatic heterocycles. The Hall–Kier alpha value is -1.38. The summed E-state index contributed by atoms with van der Waals surface area (Å²) in [5.74, 6) is 6.00. The molecule has 4 nitrogen and oxygen atoms in total. The van der Waals surface area contributed by atoms with Gasteiger partial charge in [0.05, 0.1) is 25.4 Å². The van der Waals surface area contributed by atoms with Crippen molar-refractivity contribution in [2.45, 2.75) is 32.1 Å². The summed E-state index contributed by atoms with van der Waals surface area (Å²) in [6.07, 6.45) is 0.549. The van der Waals surface area contributed by atoms with E-state index in [2.05, 4.69) is 28.9 Å². The first-order valence-electron chi connectivity index (χ1n) is 7.38. The van der Waals surface area contributed by atoms with E-state index in [1.54, 1.807) is 0 Å². The third kappa shape index (κ3) is 5.14. The van der Waals surface area contributed by atoms with Crippen LogP contribution in [0.3, 0.4) is 0 Å². The molecule has 1 heterocycles. The maximum Gasteiger partial charge on any atom is 0.0936 e. The number of hydrogen-bond acceptors (Lipinski definition) is 4. The van der Waals surface area contributed by atoms with Gasteiger partial charge in [-0.2, -0.15) is 0 Å². The lowest BCUT2D eigenvalue weighted by Gasteiger charge is -2.36. The molecule has 0 aliphatic carbocycles. The van der Waals surface area contributed by atoms with Crippen LogP contribution in [-0.4, -0.2) is 53.6 Å². The number of morpholine rings is 1. The van der Waals surface area contributed by atoms with Gasteiger partial charge in [0, 0.05) is 31.6 Å². The summed E-state index contributed by atoms with van der Waals surface area (Å²) in [5.41, 5.74) is 2.18. The Bertz CT molecular complexity index is 506. The maximum atomic E-state index is 9.27. The number of nitrogens with zero attached hydrogens (tertiary/aromatic N) is 1. The predicted molar refractivity (Wildman–Crippen MR) is 81.7 cm³/mol. The van der Waals surface area contributed by atoms with Gasteiger partial charge in [0.2, 0.25) is 0 Å². The predicted octanol–water partition coefficient (Wildman–Crippen LogP) is 1.00. The molecule has 2 N–H and O–H groups in total. The van der Waals surface area contributed by atoms with Gasteiger partial charge >= 0.3 is 0 Å². The van der Waals surface area contributed by atoms with Gasteiger partial charge in [-0.15, -0.1) is 0 Å². The van der Waals surface area contributed by atoms with Gasteiger partial charge in [-0.25, -0.2) is 0 Å². The van der Waals surface area contributed by atoms with Gasteiger partial charge in [-0.05, 0) is 24.6 Å². The van der Waals surface area contributed by atoms with Gasteiger partial charge in [0.25, 0.3) is 0 Å². The fourth-order valence-corrected chi connectivity index (χ4v) is 2.60. The molecule has 1 aliphatic heterocycles. The van der Waals surface area contributed by atoms with E-state index >= 15 is 0 Å². The van der Waals surface area contributed by atoms with E-state index in [9.17, 15) is 5.11 Å². The quantitative estimate of drug-likeness (QED) is 0.812. The molecule has 0 bridgehead atoms. The van der Waals surface area contributed by atoms with Crippen LogP contribution in [0.5, 0.6) is 0 Å². The van der Waals surface area contributed by atoms with Gasteiger partial charge in [-0.3, -0.25) is 4.90 Å². The number of aliphatic hydroxyl groups is 2. The Labute approximate surface area is 126 Å². The van der Waals surface area contributed by atoms with Crippen LogP contribution in [0.4, 0.5) is 0 Å². The van der Waals surface area contributed by atoms with Crippen molar-refractivity contribution < 1.29 is 14.9 Å². The minimum absolute atomic E-state index is 0.0630. The summed E-state index contributed by atoms with van der Waals surface area (Å²) in [5, 5.41) is 18.0.